The number of aromatic amines is 1. The number of ketones is 3. The van der Waals surface area contributed by atoms with Crippen LogP contribution in [-0.2, 0) is 61.1 Å². The van der Waals surface area contributed by atoms with Crippen molar-refractivity contribution in [2.75, 3.05) is 18.2 Å². The lowest BCUT2D eigenvalue weighted by atomic mass is 9.62. The third-order valence-electron chi connectivity index (χ3n) is 7.22. The Kier molecular flexibility index (Phi) is 32.4. The molecule has 22 nitrogen and oxygen atoms in total. The van der Waals surface area contributed by atoms with Gasteiger partial charge in [-0.15, -0.1) is 25.5 Å². The maximum Gasteiger partial charge on any atom is 0.457 e. The summed E-state index contributed by atoms with van der Waals surface area (Å²) in [6, 6.07) is 0. The summed E-state index contributed by atoms with van der Waals surface area (Å²) in [7, 11) is -7.77. The van der Waals surface area contributed by atoms with Crippen LogP contribution in [0.2, 0.25) is 5.31 Å². The number of Topliss-reactive ketones (excluding diaryl/α,β-unsaturated/α-hetero) is 3. The van der Waals surface area contributed by atoms with Crippen LogP contribution in [0.25, 0.3) is 0 Å². The summed E-state index contributed by atoms with van der Waals surface area (Å²) in [5.41, 5.74) is 0.301. The van der Waals surface area contributed by atoms with Gasteiger partial charge in [0, 0.05) is 31.9 Å². The molecule has 3 heterocycles. The van der Waals surface area contributed by atoms with E-state index in [-0.39, 0.29) is 80.2 Å². The highest BCUT2D eigenvalue weighted by Gasteiger charge is 2.26. The summed E-state index contributed by atoms with van der Waals surface area (Å²) in [6.07, 6.45) is 4.31. The minimum Gasteiger partial charge on any atom is -0.427 e. The zero-order valence-corrected chi connectivity index (χ0v) is 50.0. The van der Waals surface area contributed by atoms with Crippen LogP contribution in [0.1, 0.15) is 190 Å². The predicted molar refractivity (Wildman–Crippen MR) is 281 cm³/mol. The number of hydrogen-bond donors (Lipinski definition) is 5. The summed E-state index contributed by atoms with van der Waals surface area (Å²) in [5.74, 6) is 2.88. The second-order valence-electron chi connectivity index (χ2n) is 26.1. The van der Waals surface area contributed by atoms with E-state index in [1.54, 1.807) is 53.1 Å². The van der Waals surface area contributed by atoms with Gasteiger partial charge in [0.25, 0.3) is 0 Å². The third-order valence-corrected chi connectivity index (χ3v) is 9.97. The van der Waals surface area contributed by atoms with E-state index in [9.17, 15) is 27.4 Å². The average Bonchev–Trinajstić information content (AvgIpc) is 3.79. The molecule has 3 aromatic heterocycles. The number of carbonyl (C=O) groups is 3. The molecule has 0 saturated carbocycles. The monoisotopic (exact) mass is 1050 g/mol. The summed E-state index contributed by atoms with van der Waals surface area (Å²) < 4.78 is 33.2. The fourth-order valence-corrected chi connectivity index (χ4v) is 7.94. The van der Waals surface area contributed by atoms with Crippen molar-refractivity contribution in [1.29, 1.82) is 0 Å². The largest absolute Gasteiger partial charge is 0.457 e. The topological polar surface area (TPSA) is 325 Å². The fraction of sp³-hybridized carbons (Fsp3) is 0.870. The van der Waals surface area contributed by atoms with E-state index in [2.05, 4.69) is 135 Å². The summed E-state index contributed by atoms with van der Waals surface area (Å²) in [6.45, 7) is 46.8. The van der Waals surface area contributed by atoms with Crippen molar-refractivity contribution in [2.45, 2.75) is 210 Å². The number of rotatable bonds is 10. The molecule has 5 N–H and O–H groups in total. The number of sulfone groups is 1. The molecule has 3 rings (SSSR count). The number of hydrogen-bond acceptors (Lipinski definition) is 17. The molecule has 71 heavy (non-hydrogen) atoms. The molecule has 0 fully saturated rings. The first kappa shape index (κ1) is 73.8. The molecule has 3 aromatic rings. The molecule has 0 saturated heterocycles. The van der Waals surface area contributed by atoms with Gasteiger partial charge in [0.2, 0.25) is 0 Å². The Morgan fingerprint density at radius 1 is 0.606 bits per heavy atom. The van der Waals surface area contributed by atoms with E-state index in [0.717, 1.165) is 30.9 Å². The van der Waals surface area contributed by atoms with Crippen LogP contribution in [0.3, 0.4) is 0 Å². The van der Waals surface area contributed by atoms with Crippen molar-refractivity contribution in [3.8, 4) is 0 Å². The molecule has 0 spiro atoms. The SMILES string of the molecule is CC(=O)CC(C)(C)C.CC(=O)Cn1nnc(CC(C)(C)C)n1.CC(=O)Cn1nnnc1CC(C)(C)C.CC(C)(C)B(O)O.CC(C)(C)CP(=O)(O)O.CC(C)(C)CS(C)(=O)=O.CC(C)(C)Cc1nn[nH]n1. The third kappa shape index (κ3) is 58.8. The van der Waals surface area contributed by atoms with Gasteiger partial charge >= 0.3 is 14.7 Å². The Hall–Kier alpha value is -3.70. The molecule has 0 bridgehead atoms. The minimum atomic E-state index is -3.79. The number of aromatic nitrogens is 12. The van der Waals surface area contributed by atoms with Crippen molar-refractivity contribution in [3.63, 3.8) is 0 Å². The smallest absolute Gasteiger partial charge is 0.427 e. The summed E-state index contributed by atoms with van der Waals surface area (Å²) in [5, 5.41) is 53.1. The summed E-state index contributed by atoms with van der Waals surface area (Å²) in [4.78, 5) is 50.4. The van der Waals surface area contributed by atoms with Crippen molar-refractivity contribution in [3.05, 3.63) is 17.5 Å². The number of tetrazole rings is 3. The van der Waals surface area contributed by atoms with Gasteiger partial charge in [-0.25, -0.2) is 13.1 Å². The number of nitrogens with zero attached hydrogens (tertiary/aromatic N) is 11. The van der Waals surface area contributed by atoms with Gasteiger partial charge in [-0.1, -0.05) is 151 Å². The van der Waals surface area contributed by atoms with Gasteiger partial charge in [0.15, 0.2) is 29.0 Å². The Labute approximate surface area is 427 Å². The van der Waals surface area contributed by atoms with Crippen molar-refractivity contribution in [2.24, 2.45) is 32.5 Å². The maximum atomic E-state index is 10.9. The molecular weight excluding hydrogens is 954 g/mol. The fourth-order valence-electron chi connectivity index (χ4n) is 5.13. The first-order chi connectivity index (χ1) is 31.1. The molecular formula is C46H96BN12O10PS. The lowest BCUT2D eigenvalue weighted by Crippen LogP contribution is -2.24. The van der Waals surface area contributed by atoms with Gasteiger partial charge in [-0.2, -0.15) is 10.0 Å². The standard InChI is InChI=1S/2C9H16N4O.C7H14O.C6H12N4.C6H14O2S.C5H13O3P.C4H11BO2/c1-7(14)6-13-8(10-11-12-13)5-9(2,3)4;1-7(14)6-13-11-8(10-12-13)5-9(2,3)4;1-6(8)5-7(2,3)4;1-6(2,3)4-5-7-9-10-8-5;1-6(2,3)5-9(4,7)8;1-5(2,3)4-9(6,7)8;1-4(2,3)5(6)7/h2*5-6H2,1-4H3;5H2,1-4H3;4H2,1-3H3,(H,7,8,9,10);5H2,1-4H3;4H2,1-3H3,(H2,6,7,8);6-7H,1-3H3. The highest BCUT2D eigenvalue weighted by molar-refractivity contribution is 7.90. The van der Waals surface area contributed by atoms with Crippen LogP contribution in [0, 0.1) is 32.5 Å². The number of H-pyrrole nitrogens is 1. The van der Waals surface area contributed by atoms with Gasteiger partial charge in [0.05, 0.1) is 11.9 Å². The van der Waals surface area contributed by atoms with Crippen LogP contribution in [0.15, 0.2) is 0 Å². The van der Waals surface area contributed by atoms with Crippen LogP contribution >= 0.6 is 7.60 Å². The Bertz CT molecular complexity index is 2110. The zero-order chi connectivity index (χ0) is 57.4. The molecule has 0 aliphatic carbocycles. The molecule has 0 radical (unpaired) electrons. The molecule has 0 aromatic carbocycles. The van der Waals surface area contributed by atoms with E-state index >= 15 is 0 Å². The van der Waals surface area contributed by atoms with E-state index in [0.29, 0.717) is 12.2 Å². The summed E-state index contributed by atoms with van der Waals surface area (Å²) >= 11 is 0. The first-order valence-electron chi connectivity index (χ1n) is 23.4. The highest BCUT2D eigenvalue weighted by Crippen LogP contribution is 2.41. The lowest BCUT2D eigenvalue weighted by Gasteiger charge is -2.17. The van der Waals surface area contributed by atoms with E-state index in [4.69, 9.17) is 19.8 Å². The molecule has 0 atom stereocenters. The van der Waals surface area contributed by atoms with Crippen molar-refractivity contribution >= 4 is 41.9 Å². The lowest BCUT2D eigenvalue weighted by molar-refractivity contribution is -0.119. The Morgan fingerprint density at radius 2 is 1.04 bits per heavy atom. The number of carbonyl (C=O) groups excluding carboxylic acids is 3. The van der Waals surface area contributed by atoms with E-state index in [1.807, 2.05) is 20.8 Å². The molecule has 0 aliphatic heterocycles. The highest BCUT2D eigenvalue weighted by atomic mass is 32.2. The van der Waals surface area contributed by atoms with Crippen LogP contribution in [0.5, 0.6) is 0 Å². The predicted octanol–water partition coefficient (Wildman–Crippen LogP) is 7.05. The van der Waals surface area contributed by atoms with Crippen LogP contribution in [-0.4, -0.2) is 132 Å². The van der Waals surface area contributed by atoms with Gasteiger partial charge in [-0.05, 0) is 74.2 Å². The molecule has 0 amide bonds. The van der Waals surface area contributed by atoms with E-state index in [1.165, 1.54) is 24.9 Å². The van der Waals surface area contributed by atoms with Crippen molar-refractivity contribution in [1.82, 2.24) is 61.0 Å². The average molecular weight is 1050 g/mol. The quantitative estimate of drug-likeness (QED) is 0.100. The normalized spacial score (nSPS) is 12.2. The Morgan fingerprint density at radius 3 is 1.30 bits per heavy atom. The van der Waals surface area contributed by atoms with Crippen LogP contribution < -0.4 is 0 Å². The van der Waals surface area contributed by atoms with E-state index < -0.39 is 24.6 Å². The molecule has 414 valence electrons. The van der Waals surface area contributed by atoms with Gasteiger partial charge in [-0.3, -0.25) is 14.2 Å². The maximum absolute atomic E-state index is 10.9. The number of nitrogens with one attached hydrogen (secondary N) is 1. The van der Waals surface area contributed by atoms with Crippen molar-refractivity contribution < 1.29 is 47.2 Å². The first-order valence-corrected chi connectivity index (χ1v) is 27.3. The minimum absolute atomic E-state index is 0.0321. The Balaban J connectivity index is -0.000000375. The molecule has 0 unspecified atom stereocenters. The second kappa shape index (κ2) is 31.1. The van der Waals surface area contributed by atoms with Gasteiger partial charge in [0.1, 0.15) is 28.7 Å². The zero-order valence-electron chi connectivity index (χ0n) is 48.2. The van der Waals surface area contributed by atoms with Gasteiger partial charge < -0.3 is 24.6 Å². The molecule has 25 heteroatoms. The van der Waals surface area contributed by atoms with Crippen LogP contribution in [0.4, 0.5) is 0 Å². The molecule has 0 aliphatic rings. The second-order valence-corrected chi connectivity index (χ2v) is 29.9.